The largest absolute Gasteiger partial charge is 0.398 e. The Balaban J connectivity index is 1.47. The van der Waals surface area contributed by atoms with Crippen molar-refractivity contribution in [3.8, 4) is 0 Å². The highest BCUT2D eigenvalue weighted by molar-refractivity contribution is 8.00. The zero-order chi connectivity index (χ0) is 21.5. The summed E-state index contributed by atoms with van der Waals surface area (Å²) in [4.78, 5) is 12.9. The lowest BCUT2D eigenvalue weighted by Crippen LogP contribution is -2.15. The van der Waals surface area contributed by atoms with E-state index in [1.54, 1.807) is 0 Å². The summed E-state index contributed by atoms with van der Waals surface area (Å²) in [6, 6.07) is 2.72. The van der Waals surface area contributed by atoms with Crippen LogP contribution in [0.15, 0.2) is 22.2 Å². The maximum Gasteiger partial charge on any atom is 0.398 e. The summed E-state index contributed by atoms with van der Waals surface area (Å²) < 4.78 is 54.1. The fourth-order valence-electron chi connectivity index (χ4n) is 3.40. The van der Waals surface area contributed by atoms with E-state index in [1.807, 2.05) is 0 Å². The molecule has 162 valence electrons. The van der Waals surface area contributed by atoms with E-state index in [0.717, 1.165) is 37.6 Å². The van der Waals surface area contributed by atoms with Crippen LogP contribution in [0.1, 0.15) is 65.8 Å². The third-order valence-electron chi connectivity index (χ3n) is 5.36. The van der Waals surface area contributed by atoms with Crippen LogP contribution in [-0.2, 0) is 0 Å². The molecule has 10 heteroatoms. The van der Waals surface area contributed by atoms with Crippen molar-refractivity contribution in [1.29, 1.82) is 0 Å². The molecule has 2 fully saturated rings. The number of thioether (sulfide) groups is 2. The number of carbonyl (C=O) groups excluding carboxylic acids is 1. The van der Waals surface area contributed by atoms with E-state index >= 15 is 0 Å². The van der Waals surface area contributed by atoms with Crippen molar-refractivity contribution in [2.75, 3.05) is 11.5 Å². The first-order valence-electron chi connectivity index (χ1n) is 9.83. The van der Waals surface area contributed by atoms with Crippen molar-refractivity contribution in [1.82, 2.24) is 14.8 Å². The monoisotopic (exact) mass is 459 g/mol. The first-order chi connectivity index (χ1) is 14.2. The Hall–Kier alpha value is -1.55. The van der Waals surface area contributed by atoms with Gasteiger partial charge in [0.2, 0.25) is 0 Å². The van der Waals surface area contributed by atoms with Gasteiger partial charge in [0.05, 0.1) is 17.1 Å². The van der Waals surface area contributed by atoms with Crippen LogP contribution in [0.3, 0.4) is 0 Å². The number of ketones is 1. The maximum atomic E-state index is 14.4. The molecule has 4 nitrogen and oxygen atoms in total. The minimum absolute atomic E-state index is 0.0428. The molecule has 0 spiro atoms. The van der Waals surface area contributed by atoms with Crippen molar-refractivity contribution in [3.63, 3.8) is 0 Å². The molecule has 1 aromatic heterocycles. The third kappa shape index (κ3) is 4.85. The average Bonchev–Trinajstić information content (AvgIpc) is 3.38. The van der Waals surface area contributed by atoms with Gasteiger partial charge in [0.1, 0.15) is 11.6 Å². The Morgan fingerprint density at radius 2 is 1.90 bits per heavy atom. The number of nitrogens with zero attached hydrogens (tertiary/aromatic N) is 3. The molecular weight excluding hydrogens is 438 g/mol. The van der Waals surface area contributed by atoms with E-state index in [-0.39, 0.29) is 16.2 Å². The second-order valence-corrected chi connectivity index (χ2v) is 9.74. The van der Waals surface area contributed by atoms with Gasteiger partial charge in [0, 0.05) is 16.9 Å². The lowest BCUT2D eigenvalue weighted by molar-refractivity contribution is -0.105. The average molecular weight is 460 g/mol. The Morgan fingerprint density at radius 3 is 2.50 bits per heavy atom. The molecule has 0 unspecified atom stereocenters. The molecule has 30 heavy (non-hydrogen) atoms. The number of hydrogen-bond donors (Lipinski definition) is 0. The number of Topliss-reactive ketones (excluding diaryl/α,β-unsaturated/α-hetero) is 1. The third-order valence-corrected chi connectivity index (χ3v) is 7.53. The second-order valence-electron chi connectivity index (χ2n) is 7.78. The van der Waals surface area contributed by atoms with Gasteiger partial charge in [-0.25, -0.2) is 4.39 Å². The predicted octanol–water partition coefficient (Wildman–Crippen LogP) is 5.96. The van der Waals surface area contributed by atoms with Gasteiger partial charge in [0.25, 0.3) is 0 Å². The minimum atomic E-state index is -4.34. The molecule has 0 atom stereocenters. The summed E-state index contributed by atoms with van der Waals surface area (Å²) >= 11 is 1.78. The van der Waals surface area contributed by atoms with Crippen LogP contribution in [0.4, 0.5) is 17.6 Å². The fraction of sp³-hybridized carbons (Fsp3) is 0.550. The predicted molar refractivity (Wildman–Crippen MR) is 108 cm³/mol. The number of alkyl halides is 3. The molecule has 0 radical (unpaired) electrons. The lowest BCUT2D eigenvalue weighted by atomic mass is 9.85. The van der Waals surface area contributed by atoms with Gasteiger partial charge in [-0.15, -0.1) is 22.0 Å². The molecule has 4 rings (SSSR count). The van der Waals surface area contributed by atoms with Crippen LogP contribution in [0.25, 0.3) is 0 Å². The molecule has 2 aliphatic rings. The number of aromatic nitrogens is 3. The van der Waals surface area contributed by atoms with Crippen LogP contribution in [-0.4, -0.2) is 38.2 Å². The summed E-state index contributed by atoms with van der Waals surface area (Å²) in [6.45, 7) is 1.53. The number of hydrogen-bond acceptors (Lipinski definition) is 5. The van der Waals surface area contributed by atoms with E-state index in [0.29, 0.717) is 34.4 Å². The van der Waals surface area contributed by atoms with Crippen LogP contribution in [0, 0.1) is 12.7 Å². The number of rotatable bonds is 8. The Morgan fingerprint density at radius 1 is 1.17 bits per heavy atom. The number of benzene rings is 1. The molecule has 1 aromatic carbocycles. The summed E-state index contributed by atoms with van der Waals surface area (Å²) in [5.41, 5.74) is 0.194. The van der Waals surface area contributed by atoms with Gasteiger partial charge in [-0.3, -0.25) is 4.79 Å². The zero-order valence-electron chi connectivity index (χ0n) is 16.3. The minimum Gasteiger partial charge on any atom is -0.303 e. The van der Waals surface area contributed by atoms with E-state index in [2.05, 4.69) is 14.8 Å². The van der Waals surface area contributed by atoms with E-state index in [9.17, 15) is 22.4 Å². The van der Waals surface area contributed by atoms with E-state index < -0.39 is 23.5 Å². The Kier molecular flexibility index (Phi) is 6.16. The second kappa shape index (κ2) is 8.53. The molecule has 0 aliphatic heterocycles. The van der Waals surface area contributed by atoms with Gasteiger partial charge in [-0.05, 0) is 50.3 Å². The van der Waals surface area contributed by atoms with E-state index in [4.69, 9.17) is 0 Å². The topological polar surface area (TPSA) is 47.8 Å². The normalized spacial score (nSPS) is 17.2. The highest BCUT2D eigenvalue weighted by Crippen LogP contribution is 2.44. The zero-order valence-corrected chi connectivity index (χ0v) is 18.0. The number of carbonyl (C=O) groups is 1. The molecule has 0 amide bonds. The Labute approximate surface area is 180 Å². The smallest absolute Gasteiger partial charge is 0.303 e. The van der Waals surface area contributed by atoms with Gasteiger partial charge in [-0.1, -0.05) is 18.2 Å². The molecule has 2 saturated carbocycles. The molecular formula is C20H21F4N3OS2. The van der Waals surface area contributed by atoms with Gasteiger partial charge in [-0.2, -0.15) is 13.2 Å². The standard InChI is InChI=1S/C20H21F4N3OS2/c1-11-7-15(21)14(8-17(11)30-10-20(22,23)24)16(28)9-29-19-26-25-18(12-3-2-4-12)27(19)13-5-6-13/h7-8,12-13H,2-6,9-10H2,1H3. The van der Waals surface area contributed by atoms with Crippen LogP contribution >= 0.6 is 23.5 Å². The quantitative estimate of drug-likeness (QED) is 0.277. The summed E-state index contributed by atoms with van der Waals surface area (Å²) in [6.07, 6.45) is 1.17. The molecule has 0 saturated heterocycles. The van der Waals surface area contributed by atoms with Crippen molar-refractivity contribution < 1.29 is 22.4 Å². The fourth-order valence-corrected chi connectivity index (χ4v) is 5.10. The lowest BCUT2D eigenvalue weighted by Gasteiger charge is -2.25. The van der Waals surface area contributed by atoms with Gasteiger partial charge >= 0.3 is 6.18 Å². The van der Waals surface area contributed by atoms with Crippen molar-refractivity contribution >= 4 is 29.3 Å². The summed E-state index contributed by atoms with van der Waals surface area (Å²) in [5, 5.41) is 9.25. The maximum absolute atomic E-state index is 14.4. The summed E-state index contributed by atoms with van der Waals surface area (Å²) in [7, 11) is 0. The van der Waals surface area contributed by atoms with Crippen LogP contribution in [0.2, 0.25) is 0 Å². The first-order valence-corrected chi connectivity index (χ1v) is 11.8. The van der Waals surface area contributed by atoms with Crippen LogP contribution in [0.5, 0.6) is 0 Å². The molecule has 0 N–H and O–H groups in total. The summed E-state index contributed by atoms with van der Waals surface area (Å²) in [5.74, 6) is -0.915. The molecule has 2 aromatic rings. The highest BCUT2D eigenvalue weighted by atomic mass is 32.2. The Bertz CT molecular complexity index is 952. The van der Waals surface area contributed by atoms with Crippen molar-refractivity contribution in [2.45, 2.75) is 67.2 Å². The van der Waals surface area contributed by atoms with Gasteiger partial charge in [0.15, 0.2) is 10.9 Å². The molecule has 2 aliphatic carbocycles. The van der Waals surface area contributed by atoms with Crippen molar-refractivity contribution in [3.05, 3.63) is 34.9 Å². The first kappa shape index (κ1) is 21.7. The molecule has 0 bridgehead atoms. The SMILES string of the molecule is Cc1cc(F)c(C(=O)CSc2nnc(C3CCC3)n2C2CC2)cc1SCC(F)(F)F. The van der Waals surface area contributed by atoms with Crippen molar-refractivity contribution in [2.24, 2.45) is 0 Å². The van der Waals surface area contributed by atoms with Crippen LogP contribution < -0.4 is 0 Å². The number of halogens is 4. The van der Waals surface area contributed by atoms with E-state index in [1.165, 1.54) is 31.2 Å². The van der Waals surface area contributed by atoms with Gasteiger partial charge < -0.3 is 4.57 Å². The highest BCUT2D eigenvalue weighted by Gasteiger charge is 2.34. The molecule has 1 heterocycles. The number of aryl methyl sites for hydroxylation is 1.